The molecule has 0 spiro atoms. The monoisotopic (exact) mass is 1050 g/mol. The van der Waals surface area contributed by atoms with E-state index >= 15 is 0 Å². The molecule has 1 aromatic carbocycles. The van der Waals surface area contributed by atoms with Crippen LogP contribution >= 0.6 is 33.2 Å². The maximum Gasteiger partial charge on any atom is 0.409 e. The lowest BCUT2D eigenvalue weighted by Crippen LogP contribution is -2.63. The average molecular weight is 1050 g/mol. The van der Waals surface area contributed by atoms with Gasteiger partial charge in [0.05, 0.1) is 57.8 Å². The number of anilines is 1. The van der Waals surface area contributed by atoms with Crippen molar-refractivity contribution in [3.63, 3.8) is 0 Å². The van der Waals surface area contributed by atoms with Gasteiger partial charge in [0.25, 0.3) is 11.8 Å². The standard InChI is InChI=1S/C48H64ClN7O13S2/c1-28-11-10-12-37(65-9)48(63)25-36(67-46(62)50-48)30(3)44-47(5,69-44)38(24-42(60)54(7)34-22-32(21-28)23-35(64-8)43(34)49)68-45(61)31(4)53(6)39(57)14-13-29(2)71-70-20-19-66-18-17-55-26-33(51-52-55)27-56-40(58)15-16-41(56)59/h10-12,15-16,22-23,26,29-31,36-38,44,63H,13-14,17-21,24-25,27H2,1-9H3,(H,50,62)/b12-10+,28-11+/t29?,30-,31+,36+,37-,38+,44+,47+,48+/m1/s1. The van der Waals surface area contributed by atoms with Gasteiger partial charge < -0.3 is 43.3 Å². The van der Waals surface area contributed by atoms with Crippen LogP contribution in [-0.4, -0.2) is 160 Å². The molecule has 71 heavy (non-hydrogen) atoms. The largest absolute Gasteiger partial charge is 0.495 e. The van der Waals surface area contributed by atoms with Crippen LogP contribution in [0, 0.1) is 5.92 Å². The number of methoxy groups -OCH3 is 2. The Hall–Kier alpha value is -4.97. The van der Waals surface area contributed by atoms with Gasteiger partial charge in [0.1, 0.15) is 46.4 Å². The Labute approximate surface area is 426 Å². The molecule has 9 atom stereocenters. The molecule has 388 valence electrons. The van der Waals surface area contributed by atoms with Gasteiger partial charge in [-0.3, -0.25) is 29.4 Å². The van der Waals surface area contributed by atoms with Gasteiger partial charge in [0.2, 0.25) is 11.8 Å². The molecule has 2 aromatic rings. The highest BCUT2D eigenvalue weighted by Crippen LogP contribution is 2.49. The van der Waals surface area contributed by atoms with Crippen LogP contribution in [0.5, 0.6) is 5.75 Å². The number of rotatable bonds is 18. The van der Waals surface area contributed by atoms with Crippen molar-refractivity contribution in [2.45, 2.75) is 127 Å². The number of allylic oxidation sites excluding steroid dienone is 3. The lowest BCUT2D eigenvalue weighted by molar-refractivity contribution is -0.162. The first-order chi connectivity index (χ1) is 33.7. The van der Waals surface area contributed by atoms with E-state index in [1.807, 2.05) is 19.9 Å². The van der Waals surface area contributed by atoms with E-state index in [0.29, 0.717) is 55.5 Å². The Morgan fingerprint density at radius 1 is 1.13 bits per heavy atom. The summed E-state index contributed by atoms with van der Waals surface area (Å²) in [5.74, 6) is -1.74. The van der Waals surface area contributed by atoms with Crippen molar-refractivity contribution in [3.05, 3.63) is 70.6 Å². The first kappa shape index (κ1) is 55.3. The minimum atomic E-state index is -1.86. The van der Waals surface area contributed by atoms with Gasteiger partial charge in [0.15, 0.2) is 5.72 Å². The number of epoxide rings is 1. The van der Waals surface area contributed by atoms with Crippen molar-refractivity contribution >= 4 is 74.6 Å². The number of likely N-dealkylation sites (N-methyl/N-ethyl adjacent to an activating group) is 1. The molecule has 6 rings (SSSR count). The number of nitrogens with zero attached hydrogens (tertiary/aromatic N) is 6. The number of benzene rings is 1. The van der Waals surface area contributed by atoms with Gasteiger partial charge >= 0.3 is 12.1 Å². The highest BCUT2D eigenvalue weighted by molar-refractivity contribution is 8.76. The molecule has 0 saturated carbocycles. The van der Waals surface area contributed by atoms with E-state index in [4.69, 9.17) is 40.0 Å². The zero-order valence-corrected chi connectivity index (χ0v) is 43.8. The summed E-state index contributed by atoms with van der Waals surface area (Å²) in [4.78, 5) is 82.3. The number of aromatic nitrogens is 3. The minimum absolute atomic E-state index is 0.0521. The Kier molecular flexibility index (Phi) is 18.8. The first-order valence-electron chi connectivity index (χ1n) is 23.3. The highest BCUT2D eigenvalue weighted by Gasteiger charge is 2.64. The molecule has 2 saturated heterocycles. The number of carbonyl (C=O) groups excluding carboxylic acids is 6. The van der Waals surface area contributed by atoms with Gasteiger partial charge in [-0.2, -0.15) is 0 Å². The van der Waals surface area contributed by atoms with Crippen LogP contribution in [0.4, 0.5) is 10.5 Å². The predicted molar refractivity (Wildman–Crippen MR) is 265 cm³/mol. The summed E-state index contributed by atoms with van der Waals surface area (Å²) in [5.41, 5.74) is -0.543. The van der Waals surface area contributed by atoms with Crippen molar-refractivity contribution in [1.29, 1.82) is 0 Å². The van der Waals surface area contributed by atoms with E-state index in [-0.39, 0.29) is 53.8 Å². The van der Waals surface area contributed by atoms with Gasteiger partial charge in [-0.05, 0) is 51.3 Å². The fourth-order valence-corrected chi connectivity index (χ4v) is 11.1. The van der Waals surface area contributed by atoms with Crippen molar-refractivity contribution in [2.24, 2.45) is 5.92 Å². The summed E-state index contributed by atoms with van der Waals surface area (Å²) >= 11 is 6.82. The second kappa shape index (κ2) is 24.2. The zero-order valence-electron chi connectivity index (χ0n) is 41.5. The molecule has 4 bridgehead atoms. The molecule has 2 N–H and O–H groups in total. The predicted octanol–water partition coefficient (Wildman–Crippen LogP) is 4.80. The number of hydrogen-bond acceptors (Lipinski definition) is 17. The van der Waals surface area contributed by atoms with Crippen LogP contribution in [0.3, 0.4) is 0 Å². The molecular formula is C48H64ClN7O13S2. The van der Waals surface area contributed by atoms with E-state index in [9.17, 15) is 33.9 Å². The molecule has 2 fully saturated rings. The first-order valence-corrected chi connectivity index (χ1v) is 26.1. The third-order valence-corrected chi connectivity index (χ3v) is 16.4. The molecule has 4 aliphatic rings. The van der Waals surface area contributed by atoms with Crippen LogP contribution in [0.1, 0.15) is 71.6 Å². The third kappa shape index (κ3) is 13.8. The second-order valence-corrected chi connectivity index (χ2v) is 21.7. The molecule has 0 radical (unpaired) electrons. The number of fused-ring (bicyclic) bond motifs is 5. The summed E-state index contributed by atoms with van der Waals surface area (Å²) in [6.07, 6.45) is 5.52. The van der Waals surface area contributed by atoms with Crippen LogP contribution < -0.4 is 15.0 Å². The summed E-state index contributed by atoms with van der Waals surface area (Å²) in [7, 11) is 9.26. The number of esters is 1. The number of imide groups is 1. The quantitative estimate of drug-likeness (QED) is 0.0671. The smallest absolute Gasteiger partial charge is 0.409 e. The van der Waals surface area contributed by atoms with Crippen LogP contribution in [0.15, 0.2) is 54.3 Å². The number of alkyl carbamates (subject to hydrolysis) is 1. The number of ether oxygens (including phenoxy) is 6. The molecule has 23 heteroatoms. The molecule has 1 unspecified atom stereocenters. The molecule has 0 aliphatic carbocycles. The van der Waals surface area contributed by atoms with Gasteiger partial charge in [0, 0.05) is 63.1 Å². The van der Waals surface area contributed by atoms with Crippen LogP contribution in [-0.2, 0) is 67.2 Å². The number of hydrogen-bond donors (Lipinski definition) is 2. The molecule has 5 amide bonds. The highest BCUT2D eigenvalue weighted by atomic mass is 35.5. The van der Waals surface area contributed by atoms with Gasteiger partial charge in [-0.15, -0.1) is 5.10 Å². The van der Waals surface area contributed by atoms with E-state index in [0.717, 1.165) is 16.0 Å². The summed E-state index contributed by atoms with van der Waals surface area (Å²) in [6, 6.07) is 2.54. The fourth-order valence-electron chi connectivity index (χ4n) is 8.56. The Morgan fingerprint density at radius 3 is 2.56 bits per heavy atom. The average Bonchev–Trinajstić information content (AvgIpc) is 3.65. The summed E-state index contributed by atoms with van der Waals surface area (Å²) in [6.45, 7) is 10.4. The number of carbonyl (C=O) groups is 6. The number of halogens is 1. The van der Waals surface area contributed by atoms with E-state index < -0.39 is 65.7 Å². The van der Waals surface area contributed by atoms with Crippen LogP contribution in [0.2, 0.25) is 5.02 Å². The normalized spacial score (nSPS) is 27.8. The topological polar surface area (TPSA) is 234 Å². The second-order valence-electron chi connectivity index (χ2n) is 18.4. The summed E-state index contributed by atoms with van der Waals surface area (Å²) in [5, 5.41) is 22.7. The molecule has 1 aromatic heterocycles. The van der Waals surface area contributed by atoms with Gasteiger partial charge in [-0.25, -0.2) is 14.3 Å². The molecule has 20 nitrogen and oxygen atoms in total. The number of amides is 5. The Bertz CT molecular complexity index is 2390. The van der Waals surface area contributed by atoms with Crippen molar-refractivity contribution in [2.75, 3.05) is 52.2 Å². The lowest BCUT2D eigenvalue weighted by atomic mass is 9.83. The van der Waals surface area contributed by atoms with Crippen molar-refractivity contribution in [1.82, 2.24) is 30.1 Å². The maximum absolute atomic E-state index is 14.3. The Balaban J connectivity index is 1.05. The van der Waals surface area contributed by atoms with Crippen molar-refractivity contribution < 1.29 is 62.3 Å². The zero-order chi connectivity index (χ0) is 51.8. The molecule has 5 heterocycles. The number of aliphatic hydroxyl groups is 1. The number of nitrogens with one attached hydrogen (secondary N) is 1. The summed E-state index contributed by atoms with van der Waals surface area (Å²) < 4.78 is 36.8. The SMILES string of the molecule is COc1cc2cc(c1Cl)N(C)C(=O)C[C@H](OC(=O)[C@H](C)N(C)C(=O)CCC(C)SSCCOCCn1cc(CN3C(=O)C=CC3=O)nn1)[C@]1(C)O[C@H]1[C@H](C)[C@@H]1C[C@@](O)(NC(=O)O1)[C@H](OC)/C=C/C=C(\C)C2. The third-order valence-electron chi connectivity index (χ3n) is 13.1. The molecular weight excluding hydrogens is 982 g/mol. The molecule has 4 aliphatic heterocycles. The maximum atomic E-state index is 14.3. The fraction of sp³-hybridized carbons (Fsp3) is 0.583. The minimum Gasteiger partial charge on any atom is -0.495 e. The van der Waals surface area contributed by atoms with Crippen molar-refractivity contribution in [3.8, 4) is 5.75 Å². The van der Waals surface area contributed by atoms with Gasteiger partial charge in [-0.1, -0.05) is 76.1 Å². The van der Waals surface area contributed by atoms with E-state index in [1.165, 1.54) is 43.2 Å². The van der Waals surface area contributed by atoms with E-state index in [1.54, 1.807) is 84.6 Å². The van der Waals surface area contributed by atoms with Crippen LogP contribution in [0.25, 0.3) is 0 Å². The Morgan fingerprint density at radius 2 is 1.86 bits per heavy atom. The van der Waals surface area contributed by atoms with E-state index in [2.05, 4.69) is 15.6 Å². The lowest BCUT2D eigenvalue weighted by Gasteiger charge is -2.42.